The van der Waals surface area contributed by atoms with Gasteiger partial charge in [0, 0.05) is 16.7 Å². The number of aromatic nitrogens is 4. The molecule has 0 aliphatic carbocycles. The molecule has 0 N–H and O–H groups in total. The van der Waals surface area contributed by atoms with Crippen LogP contribution in [0.4, 0.5) is 13.2 Å². The highest BCUT2D eigenvalue weighted by atomic mass is 35.5. The monoisotopic (exact) mass is 534 g/mol. The highest BCUT2D eigenvalue weighted by Crippen LogP contribution is 2.39. The predicted octanol–water partition coefficient (Wildman–Crippen LogP) is 7.96. The SMILES string of the molecule is COc1ccc(-c2cc(C(F)(F)F)nc(-n3nc(-c4cccc(C)c4)c(Cl)c3-c3cccc(C)c3)n2)cc1. The molecule has 0 radical (unpaired) electrons. The molecular weight excluding hydrogens is 513 g/mol. The molecule has 5 aromatic rings. The number of benzene rings is 3. The minimum Gasteiger partial charge on any atom is -0.497 e. The molecule has 38 heavy (non-hydrogen) atoms. The van der Waals surface area contributed by atoms with Gasteiger partial charge < -0.3 is 4.74 Å². The molecule has 192 valence electrons. The van der Waals surface area contributed by atoms with Gasteiger partial charge in [0.25, 0.3) is 5.95 Å². The third kappa shape index (κ3) is 4.99. The number of aryl methyl sites for hydroxylation is 2. The third-order valence-electron chi connectivity index (χ3n) is 5.99. The Balaban J connectivity index is 1.79. The van der Waals surface area contributed by atoms with E-state index in [1.807, 2.05) is 62.4 Å². The van der Waals surface area contributed by atoms with Crippen molar-refractivity contribution in [2.24, 2.45) is 0 Å². The number of hydrogen-bond acceptors (Lipinski definition) is 4. The number of ether oxygens (including phenoxy) is 1. The van der Waals surface area contributed by atoms with Crippen LogP contribution in [0.1, 0.15) is 16.8 Å². The van der Waals surface area contributed by atoms with Crippen molar-refractivity contribution in [3.8, 4) is 45.5 Å². The van der Waals surface area contributed by atoms with Crippen LogP contribution in [0.15, 0.2) is 78.9 Å². The fourth-order valence-corrected chi connectivity index (χ4v) is 4.48. The molecule has 0 atom stereocenters. The van der Waals surface area contributed by atoms with Gasteiger partial charge >= 0.3 is 6.18 Å². The van der Waals surface area contributed by atoms with E-state index in [1.165, 1.54) is 11.8 Å². The Morgan fingerprint density at radius 2 is 1.42 bits per heavy atom. The van der Waals surface area contributed by atoms with Gasteiger partial charge in [0.15, 0.2) is 5.69 Å². The number of rotatable bonds is 5. The van der Waals surface area contributed by atoms with Crippen LogP contribution in [0.5, 0.6) is 5.75 Å². The number of nitrogens with zero attached hydrogens (tertiary/aromatic N) is 4. The van der Waals surface area contributed by atoms with Crippen LogP contribution in [0, 0.1) is 13.8 Å². The van der Waals surface area contributed by atoms with Gasteiger partial charge in [-0.25, -0.2) is 9.97 Å². The zero-order valence-electron chi connectivity index (χ0n) is 20.7. The zero-order chi connectivity index (χ0) is 27.0. The Kier molecular flexibility index (Phi) is 6.67. The third-order valence-corrected chi connectivity index (χ3v) is 6.35. The summed E-state index contributed by atoms with van der Waals surface area (Å²) in [5, 5.41) is 4.94. The van der Waals surface area contributed by atoms with Gasteiger partial charge in [-0.2, -0.15) is 23.0 Å². The second-order valence-corrected chi connectivity index (χ2v) is 9.20. The normalized spacial score (nSPS) is 11.6. The molecule has 0 spiro atoms. The Bertz CT molecular complexity index is 1630. The lowest BCUT2D eigenvalue weighted by Gasteiger charge is -2.13. The van der Waals surface area contributed by atoms with Crippen molar-refractivity contribution in [2.75, 3.05) is 7.11 Å². The second kappa shape index (κ2) is 9.95. The second-order valence-electron chi connectivity index (χ2n) is 8.83. The van der Waals surface area contributed by atoms with Crippen molar-refractivity contribution in [3.63, 3.8) is 0 Å². The molecule has 0 fully saturated rings. The average molecular weight is 535 g/mol. The number of alkyl halides is 3. The minimum atomic E-state index is -4.71. The van der Waals surface area contributed by atoms with Gasteiger partial charge in [0.05, 0.1) is 23.5 Å². The molecule has 0 unspecified atom stereocenters. The average Bonchev–Trinajstić information content (AvgIpc) is 3.25. The molecule has 2 aromatic heterocycles. The predicted molar refractivity (Wildman–Crippen MR) is 141 cm³/mol. The Morgan fingerprint density at radius 3 is 2.03 bits per heavy atom. The summed E-state index contributed by atoms with van der Waals surface area (Å²) in [7, 11) is 1.51. The molecule has 9 heteroatoms. The largest absolute Gasteiger partial charge is 0.497 e. The Hall–Kier alpha value is -4.17. The molecule has 5 rings (SSSR count). The fraction of sp³-hybridized carbons (Fsp3) is 0.138. The summed E-state index contributed by atoms with van der Waals surface area (Å²) in [6.45, 7) is 3.86. The summed E-state index contributed by atoms with van der Waals surface area (Å²) in [6.07, 6.45) is -4.71. The van der Waals surface area contributed by atoms with E-state index in [2.05, 4.69) is 15.1 Å². The standard InChI is InChI=1S/C29H22ClF3N4O/c1-17-6-4-8-20(14-17)26-25(30)27(21-9-5-7-18(2)15-21)37(36-26)28-34-23(16-24(35-28)29(31,32)33)19-10-12-22(38-3)13-11-19/h4-16H,1-3H3. The molecule has 0 saturated heterocycles. The summed E-state index contributed by atoms with van der Waals surface area (Å²) >= 11 is 6.90. The fourth-order valence-electron chi connectivity index (χ4n) is 4.15. The first kappa shape index (κ1) is 25.5. The van der Waals surface area contributed by atoms with Crippen LogP contribution in [0.3, 0.4) is 0 Å². The van der Waals surface area contributed by atoms with Crippen molar-refractivity contribution in [2.45, 2.75) is 20.0 Å². The van der Waals surface area contributed by atoms with Crippen molar-refractivity contribution < 1.29 is 17.9 Å². The van der Waals surface area contributed by atoms with Crippen LogP contribution in [-0.2, 0) is 6.18 Å². The maximum atomic E-state index is 14.0. The van der Waals surface area contributed by atoms with Gasteiger partial charge in [-0.1, -0.05) is 59.1 Å². The van der Waals surface area contributed by atoms with Gasteiger partial charge in [-0.15, -0.1) is 0 Å². The molecular formula is C29H22ClF3N4O. The zero-order valence-corrected chi connectivity index (χ0v) is 21.5. The molecule has 0 saturated carbocycles. The summed E-state index contributed by atoms with van der Waals surface area (Å²) in [6, 6.07) is 22.6. The van der Waals surface area contributed by atoms with E-state index in [4.69, 9.17) is 16.3 Å². The van der Waals surface area contributed by atoms with E-state index >= 15 is 0 Å². The molecule has 0 aliphatic heterocycles. The molecule has 0 aliphatic rings. The minimum absolute atomic E-state index is 0.0869. The Morgan fingerprint density at radius 1 is 0.789 bits per heavy atom. The van der Waals surface area contributed by atoms with Crippen LogP contribution >= 0.6 is 11.6 Å². The van der Waals surface area contributed by atoms with E-state index in [1.54, 1.807) is 24.3 Å². The van der Waals surface area contributed by atoms with E-state index in [0.717, 1.165) is 22.8 Å². The van der Waals surface area contributed by atoms with Gasteiger partial charge in [0.2, 0.25) is 0 Å². The quantitative estimate of drug-likeness (QED) is 0.229. The van der Waals surface area contributed by atoms with Crippen molar-refractivity contribution in [3.05, 3.63) is 101 Å². The molecule has 0 amide bonds. The topological polar surface area (TPSA) is 52.8 Å². The van der Waals surface area contributed by atoms with Crippen LogP contribution in [-0.4, -0.2) is 26.9 Å². The maximum Gasteiger partial charge on any atom is 0.433 e. The Labute approximate surface area is 222 Å². The highest BCUT2D eigenvalue weighted by molar-refractivity contribution is 6.35. The van der Waals surface area contributed by atoms with Crippen LogP contribution in [0.2, 0.25) is 5.02 Å². The summed E-state index contributed by atoms with van der Waals surface area (Å²) < 4.78 is 48.5. The van der Waals surface area contributed by atoms with Gasteiger partial charge in [-0.3, -0.25) is 0 Å². The number of halogens is 4. The van der Waals surface area contributed by atoms with Crippen molar-refractivity contribution in [1.82, 2.24) is 19.7 Å². The van der Waals surface area contributed by atoms with Crippen molar-refractivity contribution in [1.29, 1.82) is 0 Å². The highest BCUT2D eigenvalue weighted by Gasteiger charge is 2.35. The summed E-state index contributed by atoms with van der Waals surface area (Å²) in [5.74, 6) is 0.324. The molecule has 3 aromatic carbocycles. The van der Waals surface area contributed by atoms with E-state index in [-0.39, 0.29) is 16.7 Å². The maximum absolute atomic E-state index is 14.0. The van der Waals surface area contributed by atoms with Crippen LogP contribution in [0.25, 0.3) is 39.7 Å². The first-order valence-electron chi connectivity index (χ1n) is 11.7. The summed E-state index contributed by atoms with van der Waals surface area (Å²) in [5.41, 5.74) is 3.61. The number of methoxy groups -OCH3 is 1. The summed E-state index contributed by atoms with van der Waals surface area (Å²) in [4.78, 5) is 8.40. The smallest absolute Gasteiger partial charge is 0.433 e. The van der Waals surface area contributed by atoms with Gasteiger partial charge in [0.1, 0.15) is 11.4 Å². The lowest BCUT2D eigenvalue weighted by molar-refractivity contribution is -0.141. The van der Waals surface area contributed by atoms with Gasteiger partial charge in [-0.05, 0) is 56.3 Å². The first-order valence-corrected chi connectivity index (χ1v) is 12.1. The molecule has 2 heterocycles. The molecule has 5 nitrogen and oxygen atoms in total. The van der Waals surface area contributed by atoms with E-state index in [9.17, 15) is 13.2 Å². The first-order chi connectivity index (χ1) is 18.1. The molecule has 0 bridgehead atoms. The number of hydrogen-bond donors (Lipinski definition) is 0. The lowest BCUT2D eigenvalue weighted by Crippen LogP contribution is -2.14. The van der Waals surface area contributed by atoms with E-state index < -0.39 is 11.9 Å². The van der Waals surface area contributed by atoms with E-state index in [0.29, 0.717) is 28.3 Å². The van der Waals surface area contributed by atoms with Crippen LogP contribution < -0.4 is 4.74 Å². The lowest BCUT2D eigenvalue weighted by atomic mass is 10.1. The van der Waals surface area contributed by atoms with Crippen molar-refractivity contribution >= 4 is 11.6 Å².